The Morgan fingerprint density at radius 2 is 1.78 bits per heavy atom. The van der Waals surface area contributed by atoms with Crippen molar-refractivity contribution in [3.05, 3.63) is 60.2 Å². The molecular formula is C14H11N8NaO3S. The summed E-state index contributed by atoms with van der Waals surface area (Å²) in [6, 6.07) is 14.2. The van der Waals surface area contributed by atoms with Crippen molar-refractivity contribution in [2.75, 3.05) is 5.43 Å². The third kappa shape index (κ3) is 6.01. The third-order valence-electron chi connectivity index (χ3n) is 3.03. The molecule has 0 atom stereocenters. The van der Waals surface area contributed by atoms with Crippen molar-refractivity contribution < 1.29 is 42.5 Å². The van der Waals surface area contributed by atoms with Crippen LogP contribution in [0.2, 0.25) is 0 Å². The number of aromatic amines is 1. The van der Waals surface area contributed by atoms with Crippen LogP contribution >= 0.6 is 0 Å². The Kier molecular flexibility index (Phi) is 7.27. The van der Waals surface area contributed by atoms with Crippen LogP contribution in [0, 0.1) is 0 Å². The summed E-state index contributed by atoms with van der Waals surface area (Å²) in [7, 11) is -4.50. The van der Waals surface area contributed by atoms with Crippen LogP contribution in [0.3, 0.4) is 0 Å². The zero-order chi connectivity index (χ0) is 18.4. The predicted molar refractivity (Wildman–Crippen MR) is 89.7 cm³/mol. The van der Waals surface area contributed by atoms with E-state index in [-0.39, 0.29) is 46.2 Å². The third-order valence-corrected chi connectivity index (χ3v) is 3.88. The zero-order valence-electron chi connectivity index (χ0n) is 14.0. The molecule has 2 aromatic carbocycles. The Labute approximate surface area is 176 Å². The zero-order valence-corrected chi connectivity index (χ0v) is 16.8. The van der Waals surface area contributed by atoms with Crippen molar-refractivity contribution in [3.63, 3.8) is 0 Å². The van der Waals surface area contributed by atoms with Crippen molar-refractivity contribution in [1.82, 2.24) is 20.6 Å². The first-order valence-electron chi connectivity index (χ1n) is 7.13. The van der Waals surface area contributed by atoms with E-state index < -0.39 is 10.1 Å². The Morgan fingerprint density at radius 1 is 1.07 bits per heavy atom. The van der Waals surface area contributed by atoms with E-state index in [0.29, 0.717) is 11.3 Å². The minimum Gasteiger partial charge on any atom is -0.744 e. The second-order valence-corrected chi connectivity index (χ2v) is 6.18. The summed E-state index contributed by atoms with van der Waals surface area (Å²) in [6.07, 6.45) is 0. The number of aromatic nitrogens is 4. The minimum absolute atomic E-state index is 0. The van der Waals surface area contributed by atoms with Gasteiger partial charge < -0.3 is 4.55 Å². The number of amidine groups is 1. The van der Waals surface area contributed by atoms with E-state index in [1.54, 1.807) is 12.1 Å². The topological polar surface area (TPSA) is 161 Å². The Balaban J connectivity index is 0.00000261. The number of hydrogen-bond acceptors (Lipinski definition) is 9. The summed E-state index contributed by atoms with van der Waals surface area (Å²) in [5.74, 6) is 0.273. The maximum absolute atomic E-state index is 10.9. The van der Waals surface area contributed by atoms with E-state index in [1.165, 1.54) is 24.3 Å². The number of nitrogens with zero attached hydrogens (tertiary/aromatic N) is 6. The molecule has 3 rings (SSSR count). The number of tetrazole rings is 1. The van der Waals surface area contributed by atoms with Gasteiger partial charge in [-0.2, -0.15) is 10.3 Å². The Bertz CT molecular complexity index is 1020. The largest absolute Gasteiger partial charge is 1.00 e. The van der Waals surface area contributed by atoms with E-state index in [2.05, 4.69) is 41.4 Å². The van der Waals surface area contributed by atoms with Gasteiger partial charge >= 0.3 is 35.5 Å². The summed E-state index contributed by atoms with van der Waals surface area (Å²) in [5, 5.41) is 24.9. The van der Waals surface area contributed by atoms with E-state index >= 15 is 0 Å². The number of hydrogen-bond donors (Lipinski definition) is 2. The number of rotatable bonds is 5. The summed E-state index contributed by atoms with van der Waals surface area (Å²) < 4.78 is 32.8. The Hall–Kier alpha value is -2.51. The average Bonchev–Trinajstić information content (AvgIpc) is 3.16. The number of H-pyrrole nitrogens is 1. The number of anilines is 1. The van der Waals surface area contributed by atoms with E-state index in [0.717, 1.165) is 0 Å². The SMILES string of the molecule is O=S(=O)([O-])c1ccc(N/N=C(/N=Nc2nn[nH]n2)c2ccccc2)cc1.[Na+]. The minimum atomic E-state index is -4.50. The average molecular weight is 394 g/mol. The first-order valence-corrected chi connectivity index (χ1v) is 8.53. The summed E-state index contributed by atoms with van der Waals surface area (Å²) in [4.78, 5) is -0.327. The fourth-order valence-corrected chi connectivity index (χ4v) is 2.31. The van der Waals surface area contributed by atoms with Crippen molar-refractivity contribution >= 4 is 27.6 Å². The van der Waals surface area contributed by atoms with Gasteiger partial charge in [-0.25, -0.2) is 8.42 Å². The molecule has 0 saturated carbocycles. The van der Waals surface area contributed by atoms with Gasteiger partial charge in [0.2, 0.25) is 5.84 Å². The second-order valence-electron chi connectivity index (χ2n) is 4.80. The number of nitrogens with one attached hydrogen (secondary N) is 2. The van der Waals surface area contributed by atoms with E-state index in [4.69, 9.17) is 0 Å². The molecule has 0 aliphatic carbocycles. The van der Waals surface area contributed by atoms with Gasteiger partial charge in [0.1, 0.15) is 10.1 Å². The molecule has 0 radical (unpaired) electrons. The summed E-state index contributed by atoms with van der Waals surface area (Å²) in [6.45, 7) is 0. The fraction of sp³-hybridized carbons (Fsp3) is 0. The van der Waals surface area contributed by atoms with Crippen LogP contribution in [0.1, 0.15) is 5.56 Å². The molecule has 0 aliphatic heterocycles. The van der Waals surface area contributed by atoms with Gasteiger partial charge in [-0.15, -0.1) is 15.3 Å². The van der Waals surface area contributed by atoms with Gasteiger partial charge in [-0.1, -0.05) is 35.4 Å². The molecule has 2 N–H and O–H groups in total. The molecule has 3 aromatic rings. The quantitative estimate of drug-likeness (QED) is 0.135. The first kappa shape index (κ1) is 20.8. The van der Waals surface area contributed by atoms with Crippen LogP contribution in [0.5, 0.6) is 0 Å². The molecule has 0 bridgehead atoms. The number of hydrazone groups is 1. The maximum atomic E-state index is 10.9. The van der Waals surface area contributed by atoms with Crippen molar-refractivity contribution in [1.29, 1.82) is 0 Å². The molecule has 1 aromatic heterocycles. The Morgan fingerprint density at radius 3 is 2.37 bits per heavy atom. The summed E-state index contributed by atoms with van der Waals surface area (Å²) >= 11 is 0. The van der Waals surface area contributed by atoms with Crippen LogP contribution in [0.4, 0.5) is 11.6 Å². The molecule has 0 amide bonds. The van der Waals surface area contributed by atoms with Gasteiger partial charge in [0.25, 0.3) is 0 Å². The van der Waals surface area contributed by atoms with Crippen LogP contribution in [-0.4, -0.2) is 39.4 Å². The van der Waals surface area contributed by atoms with Gasteiger partial charge in [-0.3, -0.25) is 5.43 Å². The van der Waals surface area contributed by atoms with Crippen LogP contribution in [-0.2, 0) is 10.1 Å². The molecule has 132 valence electrons. The van der Waals surface area contributed by atoms with Crippen LogP contribution in [0.15, 0.2) is 74.8 Å². The molecule has 27 heavy (non-hydrogen) atoms. The molecule has 0 saturated heterocycles. The van der Waals surface area contributed by atoms with Crippen molar-refractivity contribution in [3.8, 4) is 0 Å². The van der Waals surface area contributed by atoms with Crippen molar-refractivity contribution in [2.45, 2.75) is 4.90 Å². The smallest absolute Gasteiger partial charge is 0.744 e. The van der Waals surface area contributed by atoms with E-state index in [9.17, 15) is 13.0 Å². The normalized spacial score (nSPS) is 12.0. The molecule has 0 spiro atoms. The fourth-order valence-electron chi connectivity index (χ4n) is 1.84. The van der Waals surface area contributed by atoms with Gasteiger partial charge in [-0.05, 0) is 29.5 Å². The first-order chi connectivity index (χ1) is 12.5. The summed E-state index contributed by atoms with van der Waals surface area (Å²) in [5.41, 5.74) is 3.86. The van der Waals surface area contributed by atoms with Gasteiger partial charge in [0.15, 0.2) is 0 Å². The van der Waals surface area contributed by atoms with Crippen molar-refractivity contribution in [2.24, 2.45) is 15.3 Å². The molecule has 0 fully saturated rings. The second kappa shape index (κ2) is 9.43. The molecule has 0 aliphatic rings. The molecule has 11 nitrogen and oxygen atoms in total. The number of benzene rings is 2. The maximum Gasteiger partial charge on any atom is 1.00 e. The predicted octanol–water partition coefficient (Wildman–Crippen LogP) is -1.33. The van der Waals surface area contributed by atoms with Gasteiger partial charge in [0.05, 0.1) is 10.6 Å². The number of azo groups is 1. The molecular weight excluding hydrogens is 383 g/mol. The van der Waals surface area contributed by atoms with Crippen LogP contribution in [0.25, 0.3) is 0 Å². The van der Waals surface area contributed by atoms with Crippen LogP contribution < -0.4 is 35.0 Å². The van der Waals surface area contributed by atoms with E-state index in [1.807, 2.05) is 18.2 Å². The standard InChI is InChI=1S/C14H12N8O3S.Na/c23-26(24,25)12-8-6-11(7-9-12)15-16-13(10-4-2-1-3-5-10)17-18-14-19-21-22-20-14;/h1-9,15H,(H,23,24,25)(H,19,20,21,22);/q;+1/p-1/b16-13+,18-17?;. The monoisotopic (exact) mass is 394 g/mol. The van der Waals surface area contributed by atoms with Gasteiger partial charge in [0, 0.05) is 5.56 Å². The molecule has 0 unspecified atom stereocenters. The molecule has 1 heterocycles. The molecule has 13 heteroatoms.